The molecule has 0 aromatic heterocycles. The zero-order valence-corrected chi connectivity index (χ0v) is 16.5. The first-order valence-electron chi connectivity index (χ1n) is 9.36. The molecule has 0 aliphatic rings. The number of hydrogen-bond acceptors (Lipinski definition) is 5. The molecule has 6 heteroatoms. The van der Waals surface area contributed by atoms with Crippen LogP contribution in [0, 0.1) is 0 Å². The Hall–Kier alpha value is -3.93. The standard InChI is InChI=1S/C24H21NO5/c1-17(26)20-8-5-9-21(14-20)25-23(27)16-30-24(28)19-10-12-22(13-11-19)29-15-18-6-3-2-4-7-18/h2-14H,15-16H2,1H3,(H,25,27). The SMILES string of the molecule is CC(=O)c1cccc(NC(=O)COC(=O)c2ccc(OCc3ccccc3)cc2)c1. The number of nitrogens with one attached hydrogen (secondary N) is 1. The minimum atomic E-state index is -0.614. The number of ketones is 1. The van der Waals surface area contributed by atoms with E-state index in [1.54, 1.807) is 48.5 Å². The fraction of sp³-hybridized carbons (Fsp3) is 0.125. The Morgan fingerprint density at radius 1 is 0.833 bits per heavy atom. The van der Waals surface area contributed by atoms with Crippen LogP contribution in [0.25, 0.3) is 0 Å². The Bertz CT molecular complexity index is 1030. The summed E-state index contributed by atoms with van der Waals surface area (Å²) in [6.07, 6.45) is 0. The predicted octanol–water partition coefficient (Wildman–Crippen LogP) is 4.26. The number of carbonyl (C=O) groups is 3. The molecule has 0 aliphatic heterocycles. The molecule has 0 unspecified atom stereocenters. The number of esters is 1. The summed E-state index contributed by atoms with van der Waals surface area (Å²) in [7, 11) is 0. The van der Waals surface area contributed by atoms with E-state index in [9.17, 15) is 14.4 Å². The predicted molar refractivity (Wildman–Crippen MR) is 113 cm³/mol. The van der Waals surface area contributed by atoms with E-state index < -0.39 is 18.5 Å². The molecule has 30 heavy (non-hydrogen) atoms. The van der Waals surface area contributed by atoms with E-state index >= 15 is 0 Å². The van der Waals surface area contributed by atoms with Gasteiger partial charge >= 0.3 is 5.97 Å². The van der Waals surface area contributed by atoms with Gasteiger partial charge in [0.2, 0.25) is 0 Å². The van der Waals surface area contributed by atoms with Crippen molar-refractivity contribution in [1.29, 1.82) is 0 Å². The molecule has 0 fully saturated rings. The van der Waals surface area contributed by atoms with E-state index in [1.807, 2.05) is 30.3 Å². The lowest BCUT2D eigenvalue weighted by Crippen LogP contribution is -2.21. The first-order chi connectivity index (χ1) is 14.5. The maximum atomic E-state index is 12.1. The normalized spacial score (nSPS) is 10.2. The van der Waals surface area contributed by atoms with Crippen molar-refractivity contribution >= 4 is 23.3 Å². The van der Waals surface area contributed by atoms with E-state index in [4.69, 9.17) is 9.47 Å². The Labute approximate surface area is 174 Å². The third-order valence-corrected chi connectivity index (χ3v) is 4.23. The van der Waals surface area contributed by atoms with Gasteiger partial charge in [0.1, 0.15) is 12.4 Å². The van der Waals surface area contributed by atoms with E-state index in [1.165, 1.54) is 6.92 Å². The maximum Gasteiger partial charge on any atom is 0.338 e. The van der Waals surface area contributed by atoms with Gasteiger partial charge in [0.25, 0.3) is 5.91 Å². The summed E-state index contributed by atoms with van der Waals surface area (Å²) in [6, 6.07) is 22.8. The van der Waals surface area contributed by atoms with Crippen LogP contribution in [0.4, 0.5) is 5.69 Å². The highest BCUT2D eigenvalue weighted by Gasteiger charge is 2.11. The minimum Gasteiger partial charge on any atom is -0.489 e. The fourth-order valence-electron chi connectivity index (χ4n) is 2.66. The highest BCUT2D eigenvalue weighted by molar-refractivity contribution is 5.98. The molecule has 3 aromatic rings. The van der Waals surface area contributed by atoms with Crippen molar-refractivity contribution in [3.05, 3.63) is 95.6 Å². The zero-order valence-electron chi connectivity index (χ0n) is 16.5. The largest absolute Gasteiger partial charge is 0.489 e. The summed E-state index contributed by atoms with van der Waals surface area (Å²) in [5.74, 6) is -0.587. The molecule has 3 aromatic carbocycles. The molecular weight excluding hydrogens is 382 g/mol. The molecular formula is C24H21NO5. The molecule has 0 atom stereocenters. The number of anilines is 1. The summed E-state index contributed by atoms with van der Waals surface area (Å²) in [5.41, 5.74) is 2.30. The van der Waals surface area contributed by atoms with Crippen molar-refractivity contribution in [2.75, 3.05) is 11.9 Å². The number of carbonyl (C=O) groups excluding carboxylic acids is 3. The number of hydrogen-bond donors (Lipinski definition) is 1. The van der Waals surface area contributed by atoms with Gasteiger partial charge in [-0.25, -0.2) is 4.79 Å². The third kappa shape index (κ3) is 6.04. The van der Waals surface area contributed by atoms with Crippen molar-refractivity contribution < 1.29 is 23.9 Å². The van der Waals surface area contributed by atoms with Gasteiger partial charge in [0.05, 0.1) is 5.56 Å². The number of benzene rings is 3. The highest BCUT2D eigenvalue weighted by atomic mass is 16.5. The van der Waals surface area contributed by atoms with Gasteiger partial charge in [0.15, 0.2) is 12.4 Å². The monoisotopic (exact) mass is 403 g/mol. The summed E-state index contributed by atoms with van der Waals surface area (Å²) >= 11 is 0. The maximum absolute atomic E-state index is 12.1. The van der Waals surface area contributed by atoms with Crippen molar-refractivity contribution in [1.82, 2.24) is 0 Å². The second-order valence-electron chi connectivity index (χ2n) is 6.56. The molecule has 0 saturated heterocycles. The highest BCUT2D eigenvalue weighted by Crippen LogP contribution is 2.15. The number of Topliss-reactive ketones (excluding diaryl/α,β-unsaturated/α-hetero) is 1. The van der Waals surface area contributed by atoms with Crippen LogP contribution in [0.5, 0.6) is 5.75 Å². The second-order valence-corrected chi connectivity index (χ2v) is 6.56. The molecule has 3 rings (SSSR count). The Kier molecular flexibility index (Phi) is 6.95. The van der Waals surface area contributed by atoms with Crippen LogP contribution < -0.4 is 10.1 Å². The molecule has 0 radical (unpaired) electrons. The Morgan fingerprint density at radius 2 is 1.57 bits per heavy atom. The van der Waals surface area contributed by atoms with Crippen molar-refractivity contribution in [2.45, 2.75) is 13.5 Å². The topological polar surface area (TPSA) is 81.7 Å². The molecule has 1 amide bonds. The van der Waals surface area contributed by atoms with E-state index in [0.717, 1.165) is 5.56 Å². The quantitative estimate of drug-likeness (QED) is 0.449. The van der Waals surface area contributed by atoms with Gasteiger partial charge in [-0.05, 0) is 48.9 Å². The third-order valence-electron chi connectivity index (χ3n) is 4.23. The van der Waals surface area contributed by atoms with Gasteiger partial charge in [-0.3, -0.25) is 9.59 Å². The molecule has 0 heterocycles. The van der Waals surface area contributed by atoms with E-state index in [2.05, 4.69) is 5.32 Å². The molecule has 0 saturated carbocycles. The fourth-order valence-corrected chi connectivity index (χ4v) is 2.66. The van der Waals surface area contributed by atoms with Crippen LogP contribution in [0.3, 0.4) is 0 Å². The first-order valence-corrected chi connectivity index (χ1v) is 9.36. The minimum absolute atomic E-state index is 0.103. The van der Waals surface area contributed by atoms with Crippen LogP contribution in [0.15, 0.2) is 78.9 Å². The van der Waals surface area contributed by atoms with Crippen LogP contribution in [0.1, 0.15) is 33.2 Å². The van der Waals surface area contributed by atoms with Crippen LogP contribution >= 0.6 is 0 Å². The van der Waals surface area contributed by atoms with E-state index in [0.29, 0.717) is 29.2 Å². The number of rotatable bonds is 8. The van der Waals surface area contributed by atoms with Crippen molar-refractivity contribution in [3.63, 3.8) is 0 Å². The van der Waals surface area contributed by atoms with Gasteiger partial charge in [0, 0.05) is 11.3 Å². The van der Waals surface area contributed by atoms with Crippen LogP contribution in [-0.2, 0) is 16.1 Å². The zero-order chi connectivity index (χ0) is 21.3. The van der Waals surface area contributed by atoms with Crippen LogP contribution in [-0.4, -0.2) is 24.3 Å². The summed E-state index contributed by atoms with van der Waals surface area (Å²) in [6.45, 7) is 1.44. The van der Waals surface area contributed by atoms with Crippen LogP contribution in [0.2, 0.25) is 0 Å². The van der Waals surface area contributed by atoms with Crippen molar-refractivity contribution in [3.8, 4) is 5.75 Å². The second kappa shape index (κ2) is 10.0. The van der Waals surface area contributed by atoms with E-state index in [-0.39, 0.29) is 5.78 Å². The molecule has 1 N–H and O–H groups in total. The lowest BCUT2D eigenvalue weighted by atomic mass is 10.1. The molecule has 152 valence electrons. The number of amides is 1. The molecule has 0 aliphatic carbocycles. The first kappa shape index (κ1) is 20.8. The summed E-state index contributed by atoms with van der Waals surface area (Å²) < 4.78 is 10.7. The van der Waals surface area contributed by atoms with Gasteiger partial charge in [-0.2, -0.15) is 0 Å². The van der Waals surface area contributed by atoms with Gasteiger partial charge in [-0.15, -0.1) is 0 Å². The smallest absolute Gasteiger partial charge is 0.338 e. The Balaban J connectivity index is 1.48. The van der Waals surface area contributed by atoms with Gasteiger partial charge < -0.3 is 14.8 Å². The molecule has 6 nitrogen and oxygen atoms in total. The summed E-state index contributed by atoms with van der Waals surface area (Å²) in [5, 5.41) is 2.60. The lowest BCUT2D eigenvalue weighted by molar-refractivity contribution is -0.119. The van der Waals surface area contributed by atoms with Crippen molar-refractivity contribution in [2.24, 2.45) is 0 Å². The molecule has 0 bridgehead atoms. The Morgan fingerprint density at radius 3 is 2.27 bits per heavy atom. The average Bonchev–Trinajstić information content (AvgIpc) is 2.77. The lowest BCUT2D eigenvalue weighted by Gasteiger charge is -2.09. The summed E-state index contributed by atoms with van der Waals surface area (Å²) in [4.78, 5) is 35.6. The number of ether oxygens (including phenoxy) is 2. The average molecular weight is 403 g/mol. The van der Waals surface area contributed by atoms with Gasteiger partial charge in [-0.1, -0.05) is 42.5 Å². The molecule has 0 spiro atoms.